The Labute approximate surface area is 191 Å². The summed E-state index contributed by atoms with van der Waals surface area (Å²) in [6, 6.07) is 7.50. The standard InChI is InChI=1S/C22H32N4O2.2ClH/c23-20-18-8-7-17(13-18)19(20)22(28)25-14-15-3-5-16(6-4-15)21(27)24-9-12-26-10-1-2-11-26;;/h3-6,17-20H,1-2,7-14,23H2,(H,24,27)(H,25,28);2*1H. The molecule has 1 aromatic carbocycles. The Bertz CT molecular complexity index is 708. The van der Waals surface area contributed by atoms with Crippen LogP contribution in [0.4, 0.5) is 0 Å². The molecule has 3 fully saturated rings. The maximum absolute atomic E-state index is 12.6. The molecule has 1 heterocycles. The van der Waals surface area contributed by atoms with Gasteiger partial charge < -0.3 is 21.3 Å². The van der Waals surface area contributed by atoms with Crippen molar-refractivity contribution in [2.45, 2.75) is 44.7 Å². The molecule has 0 aromatic heterocycles. The van der Waals surface area contributed by atoms with Crippen LogP contribution in [0.3, 0.4) is 0 Å². The van der Waals surface area contributed by atoms with Crippen molar-refractivity contribution in [1.82, 2.24) is 15.5 Å². The van der Waals surface area contributed by atoms with Gasteiger partial charge in [0.25, 0.3) is 5.91 Å². The highest BCUT2D eigenvalue weighted by molar-refractivity contribution is 5.94. The maximum Gasteiger partial charge on any atom is 0.251 e. The second kappa shape index (κ2) is 11.3. The number of hydrogen-bond donors (Lipinski definition) is 3. The first-order valence-electron chi connectivity index (χ1n) is 10.7. The Morgan fingerprint density at radius 1 is 1.00 bits per heavy atom. The van der Waals surface area contributed by atoms with Gasteiger partial charge in [0.1, 0.15) is 0 Å². The van der Waals surface area contributed by atoms with Gasteiger partial charge in [-0.25, -0.2) is 0 Å². The van der Waals surface area contributed by atoms with Crippen LogP contribution in [0, 0.1) is 17.8 Å². The lowest BCUT2D eigenvalue weighted by molar-refractivity contribution is -0.127. The predicted octanol–water partition coefficient (Wildman–Crippen LogP) is 2.35. The zero-order chi connectivity index (χ0) is 19.5. The molecule has 4 atom stereocenters. The number of carbonyl (C=O) groups is 2. The van der Waals surface area contributed by atoms with Crippen LogP contribution < -0.4 is 16.4 Å². The first kappa shape index (κ1) is 24.9. The molecule has 3 aliphatic rings. The fourth-order valence-corrected chi connectivity index (χ4v) is 5.24. The number of benzene rings is 1. The van der Waals surface area contributed by atoms with Crippen LogP contribution in [0.25, 0.3) is 0 Å². The summed E-state index contributed by atoms with van der Waals surface area (Å²) in [6.45, 7) is 4.37. The Balaban J connectivity index is 0.00000160. The lowest BCUT2D eigenvalue weighted by Crippen LogP contribution is -2.45. The molecule has 2 amide bonds. The van der Waals surface area contributed by atoms with E-state index in [1.54, 1.807) is 0 Å². The van der Waals surface area contributed by atoms with Crippen LogP contribution in [-0.4, -0.2) is 48.9 Å². The molecule has 4 rings (SSSR count). The smallest absolute Gasteiger partial charge is 0.251 e. The largest absolute Gasteiger partial charge is 0.352 e. The molecule has 4 N–H and O–H groups in total. The van der Waals surface area contributed by atoms with Gasteiger partial charge in [-0.05, 0) is 74.7 Å². The molecule has 2 aliphatic carbocycles. The van der Waals surface area contributed by atoms with Gasteiger partial charge in [-0.2, -0.15) is 0 Å². The van der Waals surface area contributed by atoms with E-state index in [2.05, 4.69) is 15.5 Å². The van der Waals surface area contributed by atoms with E-state index in [4.69, 9.17) is 5.73 Å². The van der Waals surface area contributed by atoms with E-state index < -0.39 is 0 Å². The summed E-state index contributed by atoms with van der Waals surface area (Å²) in [7, 11) is 0. The monoisotopic (exact) mass is 456 g/mol. The number of rotatable bonds is 7. The van der Waals surface area contributed by atoms with Gasteiger partial charge in [0.2, 0.25) is 5.91 Å². The Morgan fingerprint density at radius 3 is 2.30 bits per heavy atom. The summed E-state index contributed by atoms with van der Waals surface area (Å²) in [5.41, 5.74) is 7.92. The lowest BCUT2D eigenvalue weighted by atomic mass is 9.84. The highest BCUT2D eigenvalue weighted by Crippen LogP contribution is 2.47. The molecule has 1 saturated heterocycles. The van der Waals surface area contributed by atoms with Gasteiger partial charge in [0, 0.05) is 31.2 Å². The summed E-state index contributed by atoms with van der Waals surface area (Å²) >= 11 is 0. The van der Waals surface area contributed by atoms with Gasteiger partial charge in [-0.15, -0.1) is 24.8 Å². The third-order valence-electron chi connectivity index (χ3n) is 6.88. The van der Waals surface area contributed by atoms with Crippen molar-refractivity contribution in [2.24, 2.45) is 23.5 Å². The van der Waals surface area contributed by atoms with Crippen LogP contribution in [0.1, 0.15) is 48.0 Å². The van der Waals surface area contributed by atoms with Gasteiger partial charge >= 0.3 is 0 Å². The van der Waals surface area contributed by atoms with Crippen LogP contribution >= 0.6 is 24.8 Å². The molecular formula is C22H34Cl2N4O2. The zero-order valence-corrected chi connectivity index (χ0v) is 19.0. The molecule has 2 saturated carbocycles. The highest BCUT2D eigenvalue weighted by atomic mass is 35.5. The number of amides is 2. The first-order chi connectivity index (χ1) is 13.6. The summed E-state index contributed by atoms with van der Waals surface area (Å²) in [6.07, 6.45) is 5.95. The number of nitrogens with zero attached hydrogens (tertiary/aromatic N) is 1. The number of likely N-dealkylation sites (tertiary alicyclic amines) is 1. The Kier molecular flexibility index (Phi) is 9.41. The molecule has 30 heavy (non-hydrogen) atoms. The van der Waals surface area contributed by atoms with Crippen molar-refractivity contribution in [3.8, 4) is 0 Å². The fraction of sp³-hybridized carbons (Fsp3) is 0.636. The van der Waals surface area contributed by atoms with Gasteiger partial charge in [-0.3, -0.25) is 9.59 Å². The molecule has 168 valence electrons. The minimum absolute atomic E-state index is 0. The van der Waals surface area contributed by atoms with Crippen molar-refractivity contribution in [3.63, 3.8) is 0 Å². The molecule has 8 heteroatoms. The van der Waals surface area contributed by atoms with E-state index in [0.717, 1.165) is 38.0 Å². The van der Waals surface area contributed by atoms with E-state index in [1.807, 2.05) is 24.3 Å². The van der Waals surface area contributed by atoms with Crippen molar-refractivity contribution in [2.75, 3.05) is 26.2 Å². The third-order valence-corrected chi connectivity index (χ3v) is 6.88. The van der Waals surface area contributed by atoms with Crippen LogP contribution in [0.2, 0.25) is 0 Å². The van der Waals surface area contributed by atoms with E-state index in [1.165, 1.54) is 19.3 Å². The first-order valence-corrected chi connectivity index (χ1v) is 10.7. The Morgan fingerprint density at radius 2 is 1.67 bits per heavy atom. The molecule has 1 aliphatic heterocycles. The molecule has 4 unspecified atom stereocenters. The highest BCUT2D eigenvalue weighted by Gasteiger charge is 2.48. The Hall–Kier alpha value is -1.34. The maximum atomic E-state index is 12.6. The van der Waals surface area contributed by atoms with Crippen LogP contribution in [0.5, 0.6) is 0 Å². The van der Waals surface area contributed by atoms with E-state index in [0.29, 0.717) is 30.5 Å². The minimum Gasteiger partial charge on any atom is -0.352 e. The minimum atomic E-state index is -0.0391. The molecule has 0 radical (unpaired) electrons. The topological polar surface area (TPSA) is 87.5 Å². The normalized spacial score (nSPS) is 27.2. The van der Waals surface area contributed by atoms with E-state index in [-0.39, 0.29) is 48.6 Å². The summed E-state index contributed by atoms with van der Waals surface area (Å²) in [4.78, 5) is 27.2. The van der Waals surface area contributed by atoms with E-state index in [9.17, 15) is 9.59 Å². The van der Waals surface area contributed by atoms with Crippen molar-refractivity contribution < 1.29 is 9.59 Å². The molecule has 1 aromatic rings. The average molecular weight is 457 g/mol. The predicted molar refractivity (Wildman–Crippen MR) is 123 cm³/mol. The van der Waals surface area contributed by atoms with Crippen molar-refractivity contribution >= 4 is 36.6 Å². The number of nitrogens with one attached hydrogen (secondary N) is 2. The van der Waals surface area contributed by atoms with Gasteiger partial charge in [-0.1, -0.05) is 12.1 Å². The molecule has 0 spiro atoms. The fourth-order valence-electron chi connectivity index (χ4n) is 5.24. The number of halogens is 2. The van der Waals surface area contributed by atoms with Gasteiger partial charge in [0.05, 0.1) is 5.92 Å². The summed E-state index contributed by atoms with van der Waals surface area (Å²) in [5.74, 6) is 1.02. The zero-order valence-electron chi connectivity index (χ0n) is 17.3. The molecular weight excluding hydrogens is 423 g/mol. The summed E-state index contributed by atoms with van der Waals surface area (Å²) < 4.78 is 0. The quantitative estimate of drug-likeness (QED) is 0.587. The summed E-state index contributed by atoms with van der Waals surface area (Å²) in [5, 5.41) is 6.03. The van der Waals surface area contributed by atoms with E-state index >= 15 is 0 Å². The van der Waals surface area contributed by atoms with Crippen LogP contribution in [0.15, 0.2) is 24.3 Å². The second-order valence-electron chi connectivity index (χ2n) is 8.66. The number of hydrogen-bond acceptors (Lipinski definition) is 4. The number of fused-ring (bicyclic) bond motifs is 2. The third kappa shape index (κ3) is 5.67. The second-order valence-corrected chi connectivity index (χ2v) is 8.66. The van der Waals surface area contributed by atoms with Crippen molar-refractivity contribution in [3.05, 3.63) is 35.4 Å². The number of carbonyl (C=O) groups excluding carboxylic acids is 2. The molecule has 6 nitrogen and oxygen atoms in total. The average Bonchev–Trinajstić information content (AvgIpc) is 3.44. The lowest BCUT2D eigenvalue weighted by Gasteiger charge is -2.27. The molecule has 2 bridgehead atoms. The van der Waals surface area contributed by atoms with Crippen LogP contribution in [-0.2, 0) is 11.3 Å². The van der Waals surface area contributed by atoms with Crippen molar-refractivity contribution in [1.29, 1.82) is 0 Å². The number of nitrogens with two attached hydrogens (primary N) is 1. The van der Waals surface area contributed by atoms with Gasteiger partial charge in [0.15, 0.2) is 0 Å². The SMILES string of the molecule is Cl.Cl.NC1C2CCC(C2)C1C(=O)NCc1ccc(C(=O)NCCN2CCCC2)cc1.